The molecule has 1 aliphatic carbocycles. The predicted molar refractivity (Wildman–Crippen MR) is 115 cm³/mol. The summed E-state index contributed by atoms with van der Waals surface area (Å²) in [4.78, 5) is 2.55. The number of aryl methyl sites for hydroxylation is 1. The minimum Gasteiger partial charge on any atom is -0.492 e. The minimum atomic E-state index is -0.287. The lowest BCUT2D eigenvalue weighted by molar-refractivity contribution is 0.153. The van der Waals surface area contributed by atoms with Crippen molar-refractivity contribution in [2.75, 3.05) is 26.2 Å². The Morgan fingerprint density at radius 3 is 2.75 bits per heavy atom. The van der Waals surface area contributed by atoms with Crippen LogP contribution in [-0.2, 0) is 6.54 Å². The van der Waals surface area contributed by atoms with Crippen LogP contribution in [0.1, 0.15) is 43.7 Å². The molecule has 152 valence electrons. The van der Waals surface area contributed by atoms with Gasteiger partial charge < -0.3 is 15.2 Å². The van der Waals surface area contributed by atoms with Crippen molar-refractivity contribution >= 4 is 10.8 Å². The van der Waals surface area contributed by atoms with Crippen LogP contribution >= 0.6 is 0 Å². The fourth-order valence-corrected chi connectivity index (χ4v) is 4.33. The fourth-order valence-electron chi connectivity index (χ4n) is 4.33. The molecule has 0 unspecified atom stereocenters. The molecule has 0 spiro atoms. The molecule has 2 fully saturated rings. The summed E-state index contributed by atoms with van der Waals surface area (Å²) in [5.41, 5.74) is 2.64. The highest BCUT2D eigenvalue weighted by Gasteiger charge is 2.24. The number of ether oxygens (including phenoxy) is 1. The van der Waals surface area contributed by atoms with Crippen molar-refractivity contribution in [3.05, 3.63) is 41.5 Å². The first-order valence-electron chi connectivity index (χ1n) is 10.9. The van der Waals surface area contributed by atoms with Crippen LogP contribution < -0.4 is 10.1 Å². The van der Waals surface area contributed by atoms with E-state index in [4.69, 9.17) is 4.74 Å². The van der Waals surface area contributed by atoms with E-state index in [2.05, 4.69) is 47.5 Å². The third kappa shape index (κ3) is 4.86. The van der Waals surface area contributed by atoms with Gasteiger partial charge in [0, 0.05) is 31.1 Å². The van der Waals surface area contributed by atoms with Gasteiger partial charge in [0.2, 0.25) is 0 Å². The maximum atomic E-state index is 9.55. The summed E-state index contributed by atoms with van der Waals surface area (Å²) < 4.78 is 6.24. The lowest BCUT2D eigenvalue weighted by atomic mass is 9.98. The highest BCUT2D eigenvalue weighted by Crippen LogP contribution is 2.36. The molecule has 4 rings (SSSR count). The van der Waals surface area contributed by atoms with Gasteiger partial charge in [0.15, 0.2) is 0 Å². The summed E-state index contributed by atoms with van der Waals surface area (Å²) in [5.74, 6) is 1.83. The number of fused-ring (bicyclic) bond motifs is 1. The van der Waals surface area contributed by atoms with Crippen molar-refractivity contribution in [3.8, 4) is 5.75 Å². The Hall–Kier alpha value is -1.62. The molecule has 1 heterocycles. The summed E-state index contributed by atoms with van der Waals surface area (Å²) in [7, 11) is 0. The zero-order valence-electron chi connectivity index (χ0n) is 17.3. The summed E-state index contributed by atoms with van der Waals surface area (Å²) in [6.07, 6.45) is 4.74. The van der Waals surface area contributed by atoms with E-state index in [0.717, 1.165) is 37.9 Å². The summed E-state index contributed by atoms with van der Waals surface area (Å²) in [6, 6.07) is 11.5. The molecule has 28 heavy (non-hydrogen) atoms. The van der Waals surface area contributed by atoms with Crippen molar-refractivity contribution in [3.63, 3.8) is 0 Å². The van der Waals surface area contributed by atoms with E-state index in [1.807, 2.05) is 6.92 Å². The zero-order chi connectivity index (χ0) is 19.5. The Balaban J connectivity index is 1.51. The third-order valence-electron chi connectivity index (χ3n) is 6.03. The van der Waals surface area contributed by atoms with Gasteiger partial charge in [-0.2, -0.15) is 0 Å². The van der Waals surface area contributed by atoms with Gasteiger partial charge in [0.1, 0.15) is 5.75 Å². The smallest absolute Gasteiger partial charge is 0.130 e. The van der Waals surface area contributed by atoms with Crippen LogP contribution in [0.4, 0.5) is 0 Å². The van der Waals surface area contributed by atoms with Crippen LogP contribution in [0.25, 0.3) is 10.8 Å². The number of aliphatic hydroxyl groups excluding tert-OH is 1. The summed E-state index contributed by atoms with van der Waals surface area (Å²) in [6.45, 7) is 8.70. The van der Waals surface area contributed by atoms with Crippen LogP contribution in [0.5, 0.6) is 5.75 Å². The van der Waals surface area contributed by atoms with Gasteiger partial charge in [0.05, 0.1) is 12.7 Å². The normalized spacial score (nSPS) is 21.8. The van der Waals surface area contributed by atoms with Crippen molar-refractivity contribution in [1.82, 2.24) is 10.2 Å². The van der Waals surface area contributed by atoms with E-state index in [1.54, 1.807) is 0 Å². The molecule has 1 saturated heterocycles. The fraction of sp³-hybridized carbons (Fsp3) is 0.583. The van der Waals surface area contributed by atoms with E-state index in [9.17, 15) is 5.11 Å². The van der Waals surface area contributed by atoms with Gasteiger partial charge in [-0.15, -0.1) is 0 Å². The zero-order valence-corrected chi connectivity index (χ0v) is 17.3. The molecular formula is C24H34N2O2. The molecule has 1 saturated carbocycles. The SMILES string of the molecule is Cc1cc(CN2CCC[C@H](NC[C@H](C)O)C2)c2ccccc2c1OCC1CC1. The van der Waals surface area contributed by atoms with Crippen LogP contribution in [0.2, 0.25) is 0 Å². The lowest BCUT2D eigenvalue weighted by Gasteiger charge is -2.34. The standard InChI is InChI=1S/C24H34N2O2/c1-17-12-20(14-26-11-5-6-21(15-26)25-13-18(2)27)22-7-3-4-8-23(22)24(17)28-16-19-9-10-19/h3-4,7-8,12,18-19,21,25,27H,5-6,9-11,13-16H2,1-2H3/t18-,21-/m0/s1. The highest BCUT2D eigenvalue weighted by molar-refractivity contribution is 5.92. The van der Waals surface area contributed by atoms with Crippen LogP contribution in [0.3, 0.4) is 0 Å². The summed E-state index contributed by atoms with van der Waals surface area (Å²) in [5, 5.41) is 15.6. The monoisotopic (exact) mass is 382 g/mol. The quantitative estimate of drug-likeness (QED) is 0.727. The molecular weight excluding hydrogens is 348 g/mol. The van der Waals surface area contributed by atoms with E-state index in [-0.39, 0.29) is 6.10 Å². The van der Waals surface area contributed by atoms with Gasteiger partial charge in [0.25, 0.3) is 0 Å². The second-order valence-corrected chi connectivity index (χ2v) is 8.81. The molecule has 0 bridgehead atoms. The van der Waals surface area contributed by atoms with E-state index >= 15 is 0 Å². The Kier molecular flexibility index (Phi) is 6.19. The number of benzene rings is 2. The Morgan fingerprint density at radius 2 is 2.00 bits per heavy atom. The van der Waals surface area contributed by atoms with Gasteiger partial charge >= 0.3 is 0 Å². The van der Waals surface area contributed by atoms with E-state index in [1.165, 1.54) is 47.6 Å². The molecule has 1 aliphatic heterocycles. The van der Waals surface area contributed by atoms with Crippen LogP contribution in [0.15, 0.2) is 30.3 Å². The van der Waals surface area contributed by atoms with Crippen molar-refractivity contribution < 1.29 is 9.84 Å². The number of aliphatic hydroxyl groups is 1. The highest BCUT2D eigenvalue weighted by atomic mass is 16.5. The second-order valence-electron chi connectivity index (χ2n) is 8.81. The largest absolute Gasteiger partial charge is 0.492 e. The second kappa shape index (κ2) is 8.81. The topological polar surface area (TPSA) is 44.7 Å². The number of likely N-dealkylation sites (tertiary alicyclic amines) is 1. The molecule has 2 aliphatic rings. The van der Waals surface area contributed by atoms with Gasteiger partial charge in [-0.1, -0.05) is 30.3 Å². The molecule has 4 heteroatoms. The number of piperidine rings is 1. The van der Waals surface area contributed by atoms with Gasteiger partial charge in [-0.05, 0) is 68.5 Å². The molecule has 2 atom stereocenters. The third-order valence-corrected chi connectivity index (χ3v) is 6.03. The maximum Gasteiger partial charge on any atom is 0.130 e. The number of hydrogen-bond donors (Lipinski definition) is 2. The Labute approximate surface area is 168 Å². The van der Waals surface area contributed by atoms with E-state index in [0.29, 0.717) is 12.6 Å². The average Bonchev–Trinajstić information content (AvgIpc) is 3.51. The first-order valence-corrected chi connectivity index (χ1v) is 10.9. The molecule has 2 N–H and O–H groups in total. The number of nitrogens with zero attached hydrogens (tertiary/aromatic N) is 1. The number of rotatable bonds is 8. The molecule has 0 amide bonds. The first kappa shape index (κ1) is 19.7. The van der Waals surface area contributed by atoms with Crippen LogP contribution in [-0.4, -0.2) is 48.4 Å². The van der Waals surface area contributed by atoms with Crippen LogP contribution in [0, 0.1) is 12.8 Å². The minimum absolute atomic E-state index is 0.287. The molecule has 2 aromatic carbocycles. The van der Waals surface area contributed by atoms with Crippen molar-refractivity contribution in [1.29, 1.82) is 0 Å². The number of nitrogens with one attached hydrogen (secondary N) is 1. The summed E-state index contributed by atoms with van der Waals surface area (Å²) >= 11 is 0. The van der Waals surface area contributed by atoms with Gasteiger partial charge in [-0.25, -0.2) is 0 Å². The maximum absolute atomic E-state index is 9.55. The van der Waals surface area contributed by atoms with Gasteiger partial charge in [-0.3, -0.25) is 4.90 Å². The number of hydrogen-bond acceptors (Lipinski definition) is 4. The molecule has 4 nitrogen and oxygen atoms in total. The lowest BCUT2D eigenvalue weighted by Crippen LogP contribution is -2.46. The van der Waals surface area contributed by atoms with Crippen molar-refractivity contribution in [2.24, 2.45) is 5.92 Å². The average molecular weight is 383 g/mol. The molecule has 0 aromatic heterocycles. The Bertz CT molecular complexity index is 801. The predicted octanol–water partition coefficient (Wildman–Crippen LogP) is 3.87. The first-order chi connectivity index (χ1) is 13.6. The Morgan fingerprint density at radius 1 is 1.21 bits per heavy atom. The van der Waals surface area contributed by atoms with E-state index < -0.39 is 0 Å². The molecule has 0 radical (unpaired) electrons. The van der Waals surface area contributed by atoms with Crippen molar-refractivity contribution in [2.45, 2.75) is 58.2 Å². The molecule has 2 aromatic rings.